The molecule has 2 saturated carbocycles. The third kappa shape index (κ3) is 1.82. The van der Waals surface area contributed by atoms with Crippen LogP contribution in [0.5, 0.6) is 0 Å². The molecule has 1 unspecified atom stereocenters. The zero-order valence-electron chi connectivity index (χ0n) is 8.40. The maximum Gasteiger partial charge on any atom is 0.0118 e. The van der Waals surface area contributed by atoms with E-state index >= 15 is 0 Å². The molecule has 0 amide bonds. The quantitative estimate of drug-likeness (QED) is 0.663. The van der Waals surface area contributed by atoms with Gasteiger partial charge in [0.05, 0.1) is 0 Å². The van der Waals surface area contributed by atoms with Crippen LogP contribution in [0.3, 0.4) is 0 Å². The minimum absolute atomic E-state index is 0.670. The molecule has 1 atom stereocenters. The van der Waals surface area contributed by atoms with Gasteiger partial charge < -0.3 is 5.32 Å². The molecule has 1 N–H and O–H groups in total. The molecule has 1 heteroatoms. The Labute approximate surface area is 75.9 Å². The van der Waals surface area contributed by atoms with Crippen molar-refractivity contribution in [3.63, 3.8) is 0 Å². The van der Waals surface area contributed by atoms with Crippen LogP contribution in [0.2, 0.25) is 0 Å². The lowest BCUT2D eigenvalue weighted by atomic mass is 9.94. The van der Waals surface area contributed by atoms with Gasteiger partial charge in [0.25, 0.3) is 0 Å². The van der Waals surface area contributed by atoms with E-state index in [2.05, 4.69) is 19.3 Å². The van der Waals surface area contributed by atoms with Gasteiger partial charge in [0, 0.05) is 6.04 Å². The lowest BCUT2D eigenvalue weighted by Crippen LogP contribution is -2.33. The summed E-state index contributed by atoms with van der Waals surface area (Å²) in [7, 11) is 2.13. The van der Waals surface area contributed by atoms with Crippen LogP contribution in [0.25, 0.3) is 0 Å². The molecule has 12 heavy (non-hydrogen) atoms. The average molecular weight is 167 g/mol. The zero-order chi connectivity index (χ0) is 8.60. The maximum atomic E-state index is 3.49. The molecule has 1 nitrogen and oxygen atoms in total. The molecule has 0 saturated heterocycles. The van der Waals surface area contributed by atoms with Gasteiger partial charge in [0.2, 0.25) is 0 Å². The molecule has 0 radical (unpaired) electrons. The SMILES string of the molecule is CNC(CCC1CC1)C1(C)CC1. The van der Waals surface area contributed by atoms with Crippen molar-refractivity contribution in [3.8, 4) is 0 Å². The van der Waals surface area contributed by atoms with Crippen LogP contribution in [0, 0.1) is 11.3 Å². The van der Waals surface area contributed by atoms with Crippen molar-refractivity contribution < 1.29 is 0 Å². The van der Waals surface area contributed by atoms with Gasteiger partial charge in [0.15, 0.2) is 0 Å². The third-order valence-electron chi connectivity index (χ3n) is 3.79. The predicted octanol–water partition coefficient (Wildman–Crippen LogP) is 2.56. The summed E-state index contributed by atoms with van der Waals surface area (Å²) in [5.74, 6) is 1.10. The number of nitrogens with one attached hydrogen (secondary N) is 1. The van der Waals surface area contributed by atoms with Crippen molar-refractivity contribution in [1.29, 1.82) is 0 Å². The first-order valence-corrected chi connectivity index (χ1v) is 5.42. The standard InChI is InChI=1S/C11H21N/c1-11(7-8-11)10(12-2)6-5-9-3-4-9/h9-10,12H,3-8H2,1-2H3. The van der Waals surface area contributed by atoms with E-state index in [1.54, 1.807) is 0 Å². The van der Waals surface area contributed by atoms with Crippen molar-refractivity contribution in [2.24, 2.45) is 11.3 Å². The average Bonchev–Trinajstić information content (AvgIpc) is 2.89. The molecular formula is C11H21N. The Bertz CT molecular complexity index is 156. The fourth-order valence-electron chi connectivity index (χ4n) is 2.20. The van der Waals surface area contributed by atoms with E-state index < -0.39 is 0 Å². The lowest BCUT2D eigenvalue weighted by molar-refractivity contribution is 0.344. The minimum atomic E-state index is 0.670. The number of hydrogen-bond donors (Lipinski definition) is 1. The summed E-state index contributed by atoms with van der Waals surface area (Å²) in [6.07, 6.45) is 8.80. The van der Waals surface area contributed by atoms with Crippen LogP contribution in [0.4, 0.5) is 0 Å². The van der Waals surface area contributed by atoms with E-state index in [0.29, 0.717) is 5.41 Å². The van der Waals surface area contributed by atoms with E-state index in [4.69, 9.17) is 0 Å². The number of hydrogen-bond acceptors (Lipinski definition) is 1. The predicted molar refractivity (Wildman–Crippen MR) is 52.1 cm³/mol. The molecule has 0 spiro atoms. The summed E-state index contributed by atoms with van der Waals surface area (Å²) in [5.41, 5.74) is 0.670. The van der Waals surface area contributed by atoms with Crippen LogP contribution in [0.15, 0.2) is 0 Å². The molecule has 0 aromatic rings. The van der Waals surface area contributed by atoms with Gasteiger partial charge in [-0.2, -0.15) is 0 Å². The van der Waals surface area contributed by atoms with Crippen molar-refractivity contribution >= 4 is 0 Å². The fraction of sp³-hybridized carbons (Fsp3) is 1.00. The van der Waals surface area contributed by atoms with Crippen LogP contribution in [-0.2, 0) is 0 Å². The second kappa shape index (κ2) is 3.02. The molecule has 2 aliphatic carbocycles. The Morgan fingerprint density at radius 1 is 1.42 bits per heavy atom. The van der Waals surface area contributed by atoms with Gasteiger partial charge in [-0.3, -0.25) is 0 Å². The van der Waals surface area contributed by atoms with Gasteiger partial charge in [0.1, 0.15) is 0 Å². The molecule has 2 rings (SSSR count). The van der Waals surface area contributed by atoms with Gasteiger partial charge in [-0.1, -0.05) is 19.8 Å². The molecule has 0 heterocycles. The Morgan fingerprint density at radius 3 is 2.50 bits per heavy atom. The van der Waals surface area contributed by atoms with E-state index in [0.717, 1.165) is 12.0 Å². The molecule has 0 aliphatic heterocycles. The highest BCUT2D eigenvalue weighted by Crippen LogP contribution is 2.50. The van der Waals surface area contributed by atoms with E-state index in [1.165, 1.54) is 38.5 Å². The highest BCUT2D eigenvalue weighted by atomic mass is 14.9. The Kier molecular flexibility index (Phi) is 2.16. The highest BCUT2D eigenvalue weighted by Gasteiger charge is 2.44. The van der Waals surface area contributed by atoms with Crippen molar-refractivity contribution in [1.82, 2.24) is 5.32 Å². The van der Waals surface area contributed by atoms with Crippen LogP contribution in [0.1, 0.15) is 45.4 Å². The van der Waals surface area contributed by atoms with Crippen molar-refractivity contribution in [2.45, 2.75) is 51.5 Å². The van der Waals surface area contributed by atoms with E-state index in [1.807, 2.05) is 0 Å². The smallest absolute Gasteiger partial charge is 0.0118 e. The Balaban J connectivity index is 1.73. The fourth-order valence-corrected chi connectivity index (χ4v) is 2.20. The first-order valence-electron chi connectivity index (χ1n) is 5.42. The molecule has 0 bridgehead atoms. The molecule has 0 aromatic heterocycles. The van der Waals surface area contributed by atoms with E-state index in [9.17, 15) is 0 Å². The lowest BCUT2D eigenvalue weighted by Gasteiger charge is -2.22. The monoisotopic (exact) mass is 167 g/mol. The number of rotatable bonds is 5. The molecule has 70 valence electrons. The van der Waals surface area contributed by atoms with Crippen LogP contribution >= 0.6 is 0 Å². The van der Waals surface area contributed by atoms with Gasteiger partial charge in [-0.25, -0.2) is 0 Å². The first kappa shape index (κ1) is 8.55. The Hall–Kier alpha value is -0.0400. The summed E-state index contributed by atoms with van der Waals surface area (Å²) in [4.78, 5) is 0. The summed E-state index contributed by atoms with van der Waals surface area (Å²) in [6.45, 7) is 2.43. The summed E-state index contributed by atoms with van der Waals surface area (Å²) < 4.78 is 0. The van der Waals surface area contributed by atoms with Gasteiger partial charge >= 0.3 is 0 Å². The Morgan fingerprint density at radius 2 is 2.08 bits per heavy atom. The van der Waals surface area contributed by atoms with Gasteiger partial charge in [-0.05, 0) is 44.1 Å². The summed E-state index contributed by atoms with van der Waals surface area (Å²) >= 11 is 0. The third-order valence-corrected chi connectivity index (χ3v) is 3.79. The van der Waals surface area contributed by atoms with Crippen LogP contribution in [-0.4, -0.2) is 13.1 Å². The topological polar surface area (TPSA) is 12.0 Å². The summed E-state index contributed by atoms with van der Waals surface area (Å²) in [5, 5.41) is 3.49. The second-order valence-electron chi connectivity index (χ2n) is 5.02. The van der Waals surface area contributed by atoms with Gasteiger partial charge in [-0.15, -0.1) is 0 Å². The maximum absolute atomic E-state index is 3.49. The molecular weight excluding hydrogens is 146 g/mol. The van der Waals surface area contributed by atoms with Crippen molar-refractivity contribution in [3.05, 3.63) is 0 Å². The highest BCUT2D eigenvalue weighted by molar-refractivity contribution is 4.98. The van der Waals surface area contributed by atoms with Crippen molar-refractivity contribution in [2.75, 3.05) is 7.05 Å². The zero-order valence-corrected chi connectivity index (χ0v) is 8.40. The molecule has 2 fully saturated rings. The molecule has 2 aliphatic rings. The minimum Gasteiger partial charge on any atom is -0.316 e. The summed E-state index contributed by atoms with van der Waals surface area (Å²) in [6, 6.07) is 0.804. The largest absolute Gasteiger partial charge is 0.316 e. The van der Waals surface area contributed by atoms with E-state index in [-0.39, 0.29) is 0 Å². The normalized spacial score (nSPS) is 28.5. The second-order valence-corrected chi connectivity index (χ2v) is 5.02. The first-order chi connectivity index (χ1) is 5.74. The molecule has 0 aromatic carbocycles. The van der Waals surface area contributed by atoms with Crippen LogP contribution < -0.4 is 5.32 Å².